The zero-order valence-corrected chi connectivity index (χ0v) is 12.5. The molecule has 2 rings (SSSR count). The third-order valence-corrected chi connectivity index (χ3v) is 3.66. The molecule has 104 valence electrons. The molecule has 20 heavy (non-hydrogen) atoms. The molecule has 0 aliphatic rings. The molecule has 1 aromatic heterocycles. The predicted octanol–water partition coefficient (Wildman–Crippen LogP) is 3.87. The van der Waals surface area contributed by atoms with Crippen LogP contribution in [0.4, 0.5) is 10.8 Å². The van der Waals surface area contributed by atoms with Gasteiger partial charge in [0.15, 0.2) is 0 Å². The van der Waals surface area contributed by atoms with Crippen molar-refractivity contribution in [3.05, 3.63) is 40.4 Å². The van der Waals surface area contributed by atoms with E-state index in [-0.39, 0.29) is 0 Å². The van der Waals surface area contributed by atoms with Crippen molar-refractivity contribution in [3.8, 4) is 0 Å². The molecule has 8 heteroatoms. The normalized spacial score (nSPS) is 10.8. The maximum atomic E-state index is 11.2. The van der Waals surface area contributed by atoms with E-state index in [1.807, 2.05) is 13.8 Å². The van der Waals surface area contributed by atoms with Crippen molar-refractivity contribution < 1.29 is 8.98 Å². The largest absolute Gasteiger partial charge is 0.391 e. The van der Waals surface area contributed by atoms with Gasteiger partial charge in [-0.1, -0.05) is 16.6 Å². The molecule has 1 heterocycles. The van der Waals surface area contributed by atoms with Gasteiger partial charge >= 0.3 is 5.97 Å². The van der Waals surface area contributed by atoms with Crippen LogP contribution < -0.4 is 5.43 Å². The maximum Gasteiger partial charge on any atom is 0.349 e. The Morgan fingerprint density at radius 2 is 2.05 bits per heavy atom. The van der Waals surface area contributed by atoms with E-state index >= 15 is 0 Å². The van der Waals surface area contributed by atoms with Crippen molar-refractivity contribution in [2.75, 3.05) is 5.43 Å². The van der Waals surface area contributed by atoms with Crippen LogP contribution in [0, 0.1) is 13.8 Å². The molecule has 0 unspecified atom stereocenters. The lowest BCUT2D eigenvalue weighted by Crippen LogP contribution is -1.97. The van der Waals surface area contributed by atoms with Crippen molar-refractivity contribution in [1.29, 1.82) is 0 Å². The highest BCUT2D eigenvalue weighted by Gasteiger charge is 2.05. The quantitative estimate of drug-likeness (QED) is 0.389. The van der Waals surface area contributed by atoms with Crippen LogP contribution in [0.15, 0.2) is 34.6 Å². The predicted molar refractivity (Wildman–Crippen MR) is 80.6 cm³/mol. The number of benzene rings is 1. The van der Waals surface area contributed by atoms with Crippen LogP contribution in [-0.4, -0.2) is 11.0 Å². The van der Waals surface area contributed by atoms with E-state index in [1.165, 1.54) is 11.3 Å². The fourth-order valence-corrected chi connectivity index (χ4v) is 2.19. The van der Waals surface area contributed by atoms with Crippen LogP contribution in [0.1, 0.15) is 20.9 Å². The van der Waals surface area contributed by atoms with E-state index in [1.54, 1.807) is 24.3 Å². The van der Waals surface area contributed by atoms with E-state index in [0.717, 1.165) is 10.6 Å². The molecule has 0 aliphatic heterocycles. The van der Waals surface area contributed by atoms with Crippen LogP contribution in [0.2, 0.25) is 0 Å². The number of nitrogens with one attached hydrogen (secondary N) is 1. The first-order chi connectivity index (χ1) is 9.60. The van der Waals surface area contributed by atoms with Gasteiger partial charge in [0, 0.05) is 17.8 Å². The van der Waals surface area contributed by atoms with Gasteiger partial charge in [-0.05, 0) is 38.1 Å². The van der Waals surface area contributed by atoms with Crippen molar-refractivity contribution in [3.63, 3.8) is 0 Å². The van der Waals surface area contributed by atoms with Gasteiger partial charge in [0.1, 0.15) is 0 Å². The van der Waals surface area contributed by atoms with Gasteiger partial charge in [-0.25, -0.2) is 9.78 Å². The number of rotatable bonds is 4. The van der Waals surface area contributed by atoms with Crippen molar-refractivity contribution in [1.82, 2.24) is 4.98 Å². The molecule has 0 saturated heterocycles. The van der Waals surface area contributed by atoms with Gasteiger partial charge in [0.05, 0.1) is 16.9 Å². The lowest BCUT2D eigenvalue weighted by molar-refractivity contribution is 0.0772. The number of nitrogens with zero attached hydrogens (tertiary/aromatic N) is 3. The molecule has 1 N–H and O–H groups in total. The molecule has 0 aliphatic carbocycles. The van der Waals surface area contributed by atoms with Crippen molar-refractivity contribution in [2.45, 2.75) is 13.8 Å². The third-order valence-electron chi connectivity index (χ3n) is 2.54. The average molecular weight is 308 g/mol. The minimum absolute atomic E-state index is 0.411. The van der Waals surface area contributed by atoms with Crippen molar-refractivity contribution in [2.24, 2.45) is 10.3 Å². The average Bonchev–Trinajstić information content (AvgIpc) is 2.77. The standard InChI is InChI=1S/C12H12N4O2S2/c1-7-8(2)20-12(13-7)15-16-14-10-5-3-9(4-6-10)11(17)18-19/h3-6,19H,1-2H3,(H,13,14,15). The summed E-state index contributed by atoms with van der Waals surface area (Å²) in [6, 6.07) is 6.59. The Hall–Kier alpha value is -1.93. The van der Waals surface area contributed by atoms with Crippen molar-refractivity contribution >= 4 is 41.0 Å². The zero-order chi connectivity index (χ0) is 14.5. The first-order valence-corrected chi connectivity index (χ1v) is 6.85. The summed E-state index contributed by atoms with van der Waals surface area (Å²) in [6.45, 7) is 3.91. The molecule has 0 atom stereocenters. The molecule has 0 amide bonds. The van der Waals surface area contributed by atoms with Gasteiger partial charge in [-0.3, -0.25) is 5.43 Å². The second kappa shape index (κ2) is 6.49. The van der Waals surface area contributed by atoms with Gasteiger partial charge in [-0.15, -0.1) is 5.11 Å². The molecular weight excluding hydrogens is 296 g/mol. The number of carbonyl (C=O) groups excluding carboxylic acids is 1. The summed E-state index contributed by atoms with van der Waals surface area (Å²) < 4.78 is 4.31. The smallest absolute Gasteiger partial charge is 0.349 e. The summed E-state index contributed by atoms with van der Waals surface area (Å²) in [6.07, 6.45) is 0. The Kier molecular flexibility index (Phi) is 4.70. The fourth-order valence-electron chi connectivity index (χ4n) is 1.36. The van der Waals surface area contributed by atoms with Crippen LogP contribution in [0.5, 0.6) is 0 Å². The number of thiazole rings is 1. The highest BCUT2D eigenvalue weighted by atomic mass is 32.1. The molecule has 0 fully saturated rings. The van der Waals surface area contributed by atoms with Crippen LogP contribution in [0.25, 0.3) is 0 Å². The monoisotopic (exact) mass is 308 g/mol. The number of hydrogen-bond acceptors (Lipinski definition) is 7. The summed E-state index contributed by atoms with van der Waals surface area (Å²) in [5.41, 5.74) is 4.83. The topological polar surface area (TPSA) is 75.9 Å². The third kappa shape index (κ3) is 3.55. The summed E-state index contributed by atoms with van der Waals surface area (Å²) in [7, 11) is 0. The molecule has 0 radical (unpaired) electrons. The van der Waals surface area contributed by atoms with Gasteiger partial charge in [0.2, 0.25) is 5.13 Å². The lowest BCUT2D eigenvalue weighted by atomic mass is 10.2. The molecule has 0 spiro atoms. The summed E-state index contributed by atoms with van der Waals surface area (Å²) in [5, 5.41) is 8.43. The SMILES string of the molecule is Cc1nc(N=NNc2ccc(C(=O)OS)cc2)sc1C. The Morgan fingerprint density at radius 3 is 2.60 bits per heavy atom. The number of anilines is 1. The first kappa shape index (κ1) is 14.5. The van der Waals surface area contributed by atoms with Crippen LogP contribution in [-0.2, 0) is 4.18 Å². The second-order valence-corrected chi connectivity index (χ2v) is 5.27. The summed E-state index contributed by atoms with van der Waals surface area (Å²) >= 11 is 4.93. The maximum absolute atomic E-state index is 11.2. The van der Waals surface area contributed by atoms with Gasteiger partial charge < -0.3 is 4.18 Å². The summed E-state index contributed by atoms with van der Waals surface area (Å²) in [4.78, 5) is 16.5. The van der Waals surface area contributed by atoms with E-state index in [2.05, 4.69) is 37.8 Å². The van der Waals surface area contributed by atoms with E-state index in [0.29, 0.717) is 16.4 Å². The Bertz CT molecular complexity index is 618. The first-order valence-electron chi connectivity index (χ1n) is 5.66. The molecule has 6 nitrogen and oxygen atoms in total. The Morgan fingerprint density at radius 1 is 1.35 bits per heavy atom. The second-order valence-electron chi connectivity index (χ2n) is 3.91. The van der Waals surface area contributed by atoms with E-state index in [9.17, 15) is 4.79 Å². The number of hydrogen-bond donors (Lipinski definition) is 2. The molecule has 1 aromatic carbocycles. The van der Waals surface area contributed by atoms with Gasteiger partial charge in [0.25, 0.3) is 0 Å². The molecule has 2 aromatic rings. The van der Waals surface area contributed by atoms with Crippen LogP contribution >= 0.6 is 24.2 Å². The lowest BCUT2D eigenvalue weighted by Gasteiger charge is -2.00. The zero-order valence-electron chi connectivity index (χ0n) is 10.8. The number of thiol groups is 1. The van der Waals surface area contributed by atoms with E-state index in [4.69, 9.17) is 0 Å². The number of aryl methyl sites for hydroxylation is 2. The summed E-state index contributed by atoms with van der Waals surface area (Å²) in [5.74, 6) is -0.504. The Balaban J connectivity index is 1.98. The van der Waals surface area contributed by atoms with E-state index < -0.39 is 5.97 Å². The minimum atomic E-state index is -0.504. The molecule has 0 bridgehead atoms. The van der Waals surface area contributed by atoms with Gasteiger partial charge in [-0.2, -0.15) is 0 Å². The molecule has 0 saturated carbocycles. The Labute approximate surface area is 125 Å². The fraction of sp³-hybridized carbons (Fsp3) is 0.167. The number of aromatic nitrogens is 1. The molecular formula is C12H12N4O2S2. The number of carbonyl (C=O) groups is 1. The van der Waals surface area contributed by atoms with Crippen LogP contribution in [0.3, 0.4) is 0 Å². The minimum Gasteiger partial charge on any atom is -0.391 e. The highest BCUT2D eigenvalue weighted by Crippen LogP contribution is 2.24. The highest BCUT2D eigenvalue weighted by molar-refractivity contribution is 7.75.